The van der Waals surface area contributed by atoms with E-state index in [1.165, 1.54) is 23.6 Å². The van der Waals surface area contributed by atoms with Gasteiger partial charge in [-0.25, -0.2) is 0 Å². The van der Waals surface area contributed by atoms with Crippen LogP contribution >= 0.6 is 0 Å². The first-order valence-electron chi connectivity index (χ1n) is 14.6. The van der Waals surface area contributed by atoms with Crippen molar-refractivity contribution < 1.29 is 14.3 Å². The minimum atomic E-state index is -0.394. The average Bonchev–Trinajstić information content (AvgIpc) is 3.40. The van der Waals surface area contributed by atoms with Crippen molar-refractivity contribution in [1.29, 1.82) is 5.26 Å². The van der Waals surface area contributed by atoms with Gasteiger partial charge in [-0.15, -0.1) is 0 Å². The van der Waals surface area contributed by atoms with Crippen LogP contribution in [0.3, 0.4) is 0 Å². The topological polar surface area (TPSA) is 94.8 Å². The molecule has 9 heteroatoms. The highest BCUT2D eigenvalue weighted by molar-refractivity contribution is 5.87. The molecule has 2 fully saturated rings. The third-order valence-electron chi connectivity index (χ3n) is 9.18. The van der Waals surface area contributed by atoms with Crippen LogP contribution in [0.4, 0.5) is 5.82 Å². The van der Waals surface area contributed by atoms with E-state index < -0.39 is 5.60 Å². The van der Waals surface area contributed by atoms with E-state index in [-0.39, 0.29) is 18.4 Å². The molecule has 1 aromatic carbocycles. The van der Waals surface area contributed by atoms with Crippen molar-refractivity contribution in [2.24, 2.45) is 0 Å². The first kappa shape index (κ1) is 26.6. The maximum Gasteiger partial charge on any atom is 0.321 e. The first-order chi connectivity index (χ1) is 19.5. The van der Waals surface area contributed by atoms with Crippen LogP contribution in [-0.2, 0) is 23.2 Å². The number of benzene rings is 1. The molecule has 6 rings (SSSR count). The van der Waals surface area contributed by atoms with Gasteiger partial charge in [-0.05, 0) is 75.7 Å². The number of carbonyl (C=O) groups excluding carboxylic acids is 1. The van der Waals surface area contributed by atoms with Crippen molar-refractivity contribution in [3.63, 3.8) is 0 Å². The quantitative estimate of drug-likeness (QED) is 0.511. The third kappa shape index (κ3) is 4.90. The van der Waals surface area contributed by atoms with Crippen LogP contribution in [0.2, 0.25) is 0 Å². The summed E-state index contributed by atoms with van der Waals surface area (Å²) >= 11 is 0. The van der Waals surface area contributed by atoms with Crippen molar-refractivity contribution in [3.8, 4) is 18.0 Å². The number of hydrogen-bond acceptors (Lipinski definition) is 8. The number of aryl methyl sites for hydroxylation is 1. The number of carbonyl (C=O) groups is 1. The number of hydrogen-bond donors (Lipinski definition) is 0. The average molecular weight is 543 g/mol. The predicted octanol–water partition coefficient (Wildman–Crippen LogP) is 3.62. The molecular formula is C31H38N6O3. The van der Waals surface area contributed by atoms with E-state index in [1.54, 1.807) is 4.90 Å². The second-order valence-corrected chi connectivity index (χ2v) is 11.5. The van der Waals surface area contributed by atoms with E-state index in [1.807, 2.05) is 0 Å². The Balaban J connectivity index is 1.34. The van der Waals surface area contributed by atoms with Gasteiger partial charge < -0.3 is 24.2 Å². The summed E-state index contributed by atoms with van der Waals surface area (Å²) in [6.07, 6.45) is 8.59. The molecule has 9 nitrogen and oxygen atoms in total. The molecule has 4 aliphatic rings. The first-order valence-corrected chi connectivity index (χ1v) is 14.6. The van der Waals surface area contributed by atoms with Gasteiger partial charge in [0.05, 0.1) is 24.1 Å². The molecule has 3 aliphatic heterocycles. The molecule has 0 radical (unpaired) electrons. The number of ether oxygens (including phenoxy) is 2. The van der Waals surface area contributed by atoms with E-state index >= 15 is 0 Å². The highest BCUT2D eigenvalue weighted by atomic mass is 16.5. The van der Waals surface area contributed by atoms with Crippen molar-refractivity contribution in [2.75, 3.05) is 44.7 Å². The maximum atomic E-state index is 12.5. The van der Waals surface area contributed by atoms with Gasteiger partial charge in [0.1, 0.15) is 18.0 Å². The van der Waals surface area contributed by atoms with Crippen LogP contribution in [0.25, 0.3) is 0 Å². The summed E-state index contributed by atoms with van der Waals surface area (Å²) < 4.78 is 13.2. The van der Waals surface area contributed by atoms with Crippen molar-refractivity contribution in [1.82, 2.24) is 19.8 Å². The number of rotatable bonds is 6. The summed E-state index contributed by atoms with van der Waals surface area (Å²) in [6.45, 7) is 6.86. The van der Waals surface area contributed by atoms with Crippen LogP contribution in [0.1, 0.15) is 55.2 Å². The predicted molar refractivity (Wildman–Crippen MR) is 151 cm³/mol. The molecule has 2 saturated heterocycles. The van der Waals surface area contributed by atoms with E-state index in [0.717, 1.165) is 56.5 Å². The largest absolute Gasteiger partial charge is 0.466 e. The van der Waals surface area contributed by atoms with Gasteiger partial charge in [0.15, 0.2) is 0 Å². The lowest BCUT2D eigenvalue weighted by Crippen LogP contribution is -2.55. The lowest BCUT2D eigenvalue weighted by Gasteiger charge is -2.44. The number of likely N-dealkylation sites (N-methyl/N-ethyl adjacent to an activating group) is 1. The highest BCUT2D eigenvalue weighted by Gasteiger charge is 2.44. The number of piperazine rings is 1. The molecular weight excluding hydrogens is 504 g/mol. The Morgan fingerprint density at radius 1 is 1.20 bits per heavy atom. The van der Waals surface area contributed by atoms with Crippen molar-refractivity contribution in [3.05, 3.63) is 53.6 Å². The Hall–Kier alpha value is -3.64. The van der Waals surface area contributed by atoms with Crippen molar-refractivity contribution in [2.45, 2.75) is 69.1 Å². The minimum absolute atomic E-state index is 0.143. The summed E-state index contributed by atoms with van der Waals surface area (Å²) in [5.41, 5.74) is 3.22. The molecule has 40 heavy (non-hydrogen) atoms. The second kappa shape index (κ2) is 11.1. The lowest BCUT2D eigenvalue weighted by atomic mass is 9.75. The Bertz CT molecular complexity index is 1320. The van der Waals surface area contributed by atoms with Gasteiger partial charge >= 0.3 is 6.01 Å². The van der Waals surface area contributed by atoms with Crippen LogP contribution in [0.5, 0.6) is 11.9 Å². The summed E-state index contributed by atoms with van der Waals surface area (Å²) in [4.78, 5) is 28.6. The van der Waals surface area contributed by atoms with E-state index in [4.69, 9.17) is 19.4 Å². The maximum absolute atomic E-state index is 12.5. The molecule has 1 aliphatic carbocycles. The molecule has 1 aromatic heterocycles. The SMILES string of the molecule is C=CC(=O)N1CCN(c2nc(OC[C@@H]3CCCN3C)nc3c2CC[C@]2(CCCc4ccccc42)O3)C[C@@H]1CC#N. The van der Waals surface area contributed by atoms with Gasteiger partial charge in [-0.3, -0.25) is 4.79 Å². The molecule has 0 saturated carbocycles. The Kier molecular flexibility index (Phi) is 7.37. The molecule has 0 unspecified atom stereocenters. The number of nitriles is 1. The van der Waals surface area contributed by atoms with Crippen molar-refractivity contribution >= 4 is 11.7 Å². The molecule has 210 valence electrons. The fraction of sp³-hybridized carbons (Fsp3) is 0.548. The normalized spacial score (nSPS) is 26.0. The molecule has 0 bridgehead atoms. The molecule has 1 spiro atoms. The smallest absolute Gasteiger partial charge is 0.321 e. The molecule has 2 aromatic rings. The monoisotopic (exact) mass is 542 g/mol. The van der Waals surface area contributed by atoms with Gasteiger partial charge in [0.2, 0.25) is 11.8 Å². The zero-order valence-corrected chi connectivity index (χ0v) is 23.3. The summed E-state index contributed by atoms with van der Waals surface area (Å²) in [6, 6.07) is 11.3. The molecule has 0 N–H and O–H groups in total. The van der Waals surface area contributed by atoms with Crippen LogP contribution < -0.4 is 14.4 Å². The molecule has 4 heterocycles. The van der Waals surface area contributed by atoms with Crippen LogP contribution in [0, 0.1) is 11.3 Å². The van der Waals surface area contributed by atoms with Gasteiger partial charge in [-0.2, -0.15) is 15.2 Å². The Morgan fingerprint density at radius 2 is 2.08 bits per heavy atom. The Morgan fingerprint density at radius 3 is 2.88 bits per heavy atom. The summed E-state index contributed by atoms with van der Waals surface area (Å²) in [5.74, 6) is 1.26. The Labute approximate surface area is 236 Å². The minimum Gasteiger partial charge on any atom is -0.466 e. The lowest BCUT2D eigenvalue weighted by molar-refractivity contribution is -0.128. The third-order valence-corrected chi connectivity index (χ3v) is 9.18. The summed E-state index contributed by atoms with van der Waals surface area (Å²) in [7, 11) is 2.13. The fourth-order valence-corrected chi connectivity index (χ4v) is 6.97. The number of nitrogens with zero attached hydrogens (tertiary/aromatic N) is 6. The number of aromatic nitrogens is 2. The molecule has 3 atom stereocenters. The number of anilines is 1. The standard InChI is InChI=1S/C31H38N6O3/c1-3-27(38)37-19-18-36(20-23(37)13-16-32)28-25-12-15-31(14-6-9-22-8-4-5-11-26(22)31)40-29(25)34-30(33-28)39-21-24-10-7-17-35(24)2/h3-5,8,11,23-24H,1,6-7,9-10,12-15,17-21H2,2H3/t23-,24-,31-/m0/s1. The van der Waals surface area contributed by atoms with Gasteiger partial charge in [0.25, 0.3) is 0 Å². The molecule has 1 amide bonds. The summed E-state index contributed by atoms with van der Waals surface area (Å²) in [5, 5.41) is 9.50. The van der Waals surface area contributed by atoms with Crippen LogP contribution in [0.15, 0.2) is 36.9 Å². The van der Waals surface area contributed by atoms with Gasteiger partial charge in [0, 0.05) is 25.7 Å². The van der Waals surface area contributed by atoms with Gasteiger partial charge in [-0.1, -0.05) is 30.8 Å². The number of fused-ring (bicyclic) bond motifs is 3. The second-order valence-electron chi connectivity index (χ2n) is 11.5. The fourth-order valence-electron chi connectivity index (χ4n) is 6.97. The van der Waals surface area contributed by atoms with E-state index in [2.05, 4.69) is 53.8 Å². The highest BCUT2D eigenvalue weighted by Crippen LogP contribution is 2.48. The van der Waals surface area contributed by atoms with Crippen LogP contribution in [-0.4, -0.2) is 77.6 Å². The number of likely N-dealkylation sites (tertiary alicyclic amines) is 1. The van der Waals surface area contributed by atoms with E-state index in [0.29, 0.717) is 44.2 Å². The zero-order chi connectivity index (χ0) is 27.7. The van der Waals surface area contributed by atoms with E-state index in [9.17, 15) is 10.1 Å². The number of amides is 1. The zero-order valence-electron chi connectivity index (χ0n) is 23.3.